The molecule has 2 aromatic heterocycles. The van der Waals surface area contributed by atoms with Crippen LogP contribution in [0, 0.1) is 6.92 Å². The lowest BCUT2D eigenvalue weighted by molar-refractivity contribution is 0.395. The Kier molecular flexibility index (Phi) is 4.52. The van der Waals surface area contributed by atoms with Crippen molar-refractivity contribution in [3.8, 4) is 5.88 Å². The molecule has 0 saturated heterocycles. The summed E-state index contributed by atoms with van der Waals surface area (Å²) in [6, 6.07) is 4.09. The van der Waals surface area contributed by atoms with E-state index in [4.69, 9.17) is 9.15 Å². The van der Waals surface area contributed by atoms with Crippen molar-refractivity contribution in [3.63, 3.8) is 0 Å². The van der Waals surface area contributed by atoms with Crippen LogP contribution in [-0.4, -0.2) is 23.6 Å². The third-order valence-electron chi connectivity index (χ3n) is 2.92. The zero-order valence-corrected chi connectivity index (χ0v) is 11.5. The number of nitrogens with one attached hydrogen (secondary N) is 1. The summed E-state index contributed by atoms with van der Waals surface area (Å²) in [5, 5.41) is 3.44. The van der Waals surface area contributed by atoms with Gasteiger partial charge < -0.3 is 14.5 Å². The Morgan fingerprint density at radius 1 is 1.37 bits per heavy atom. The van der Waals surface area contributed by atoms with E-state index < -0.39 is 0 Å². The van der Waals surface area contributed by atoms with Crippen LogP contribution >= 0.6 is 0 Å². The van der Waals surface area contributed by atoms with Gasteiger partial charge in [0.1, 0.15) is 12.1 Å². The van der Waals surface area contributed by atoms with E-state index in [1.165, 1.54) is 6.33 Å². The highest BCUT2D eigenvalue weighted by Gasteiger charge is 2.14. The predicted molar refractivity (Wildman–Crippen MR) is 72.2 cm³/mol. The van der Waals surface area contributed by atoms with Crippen LogP contribution in [0.4, 0.5) is 0 Å². The summed E-state index contributed by atoms with van der Waals surface area (Å²) in [6.07, 6.45) is 4.09. The average Bonchev–Trinajstić information content (AvgIpc) is 2.85. The molecule has 0 aliphatic carbocycles. The van der Waals surface area contributed by atoms with Crippen LogP contribution < -0.4 is 10.1 Å². The smallest absolute Gasteiger partial charge is 0.216 e. The summed E-state index contributed by atoms with van der Waals surface area (Å²) >= 11 is 0. The normalized spacial score (nSPS) is 12.4. The maximum Gasteiger partial charge on any atom is 0.216 e. The lowest BCUT2D eigenvalue weighted by atomic mass is 10.0. The van der Waals surface area contributed by atoms with E-state index in [0.29, 0.717) is 5.88 Å². The van der Waals surface area contributed by atoms with Crippen LogP contribution in [0.3, 0.4) is 0 Å². The molecular weight excluding hydrogens is 242 g/mol. The Bertz CT molecular complexity index is 525. The van der Waals surface area contributed by atoms with E-state index in [1.54, 1.807) is 13.4 Å². The molecule has 0 amide bonds. The average molecular weight is 261 g/mol. The number of furan rings is 1. The van der Waals surface area contributed by atoms with Crippen molar-refractivity contribution in [1.82, 2.24) is 15.3 Å². The number of ether oxygens (including phenoxy) is 1. The molecule has 5 nitrogen and oxygen atoms in total. The number of hydrogen-bond donors (Lipinski definition) is 1. The first-order valence-corrected chi connectivity index (χ1v) is 6.36. The SMILES string of the molecule is CCNC(Cc1cc(OC)ncn1)c1coc(C)c1. The standard InChI is InChI=1S/C14H19N3O2/c1-4-15-13(11-5-10(2)19-8-11)6-12-7-14(18-3)17-9-16-12/h5,7-9,13,15H,4,6H2,1-3H3. The molecule has 0 aliphatic rings. The monoisotopic (exact) mass is 261 g/mol. The van der Waals surface area contributed by atoms with Gasteiger partial charge in [-0.05, 0) is 19.5 Å². The van der Waals surface area contributed by atoms with Crippen molar-refractivity contribution in [3.05, 3.63) is 41.7 Å². The number of likely N-dealkylation sites (N-methyl/N-ethyl adjacent to an activating group) is 1. The highest BCUT2D eigenvalue weighted by atomic mass is 16.5. The molecule has 0 aromatic carbocycles. The van der Waals surface area contributed by atoms with Crippen molar-refractivity contribution in [2.75, 3.05) is 13.7 Å². The molecule has 0 fully saturated rings. The minimum atomic E-state index is 0.182. The van der Waals surface area contributed by atoms with E-state index in [9.17, 15) is 0 Å². The van der Waals surface area contributed by atoms with Crippen LogP contribution in [0.15, 0.2) is 29.1 Å². The molecule has 0 aliphatic heterocycles. The zero-order valence-electron chi connectivity index (χ0n) is 11.5. The van der Waals surface area contributed by atoms with Gasteiger partial charge in [-0.1, -0.05) is 6.92 Å². The summed E-state index contributed by atoms with van der Waals surface area (Å²) in [6.45, 7) is 4.91. The van der Waals surface area contributed by atoms with Crippen molar-refractivity contribution < 1.29 is 9.15 Å². The van der Waals surface area contributed by atoms with E-state index in [1.807, 2.05) is 19.1 Å². The lowest BCUT2D eigenvalue weighted by Gasteiger charge is -2.15. The summed E-state index contributed by atoms with van der Waals surface area (Å²) in [5.74, 6) is 1.50. The van der Waals surface area contributed by atoms with Gasteiger partial charge in [0.25, 0.3) is 0 Å². The van der Waals surface area contributed by atoms with E-state index in [-0.39, 0.29) is 6.04 Å². The molecule has 0 saturated carbocycles. The fraction of sp³-hybridized carbons (Fsp3) is 0.429. The van der Waals surface area contributed by atoms with Gasteiger partial charge in [-0.25, -0.2) is 9.97 Å². The fourth-order valence-electron chi connectivity index (χ4n) is 2.01. The van der Waals surface area contributed by atoms with Crippen LogP contribution in [-0.2, 0) is 6.42 Å². The Morgan fingerprint density at radius 3 is 2.84 bits per heavy atom. The van der Waals surface area contributed by atoms with Gasteiger partial charge in [-0.15, -0.1) is 0 Å². The van der Waals surface area contributed by atoms with E-state index in [2.05, 4.69) is 22.2 Å². The van der Waals surface area contributed by atoms with Gasteiger partial charge in [0.15, 0.2) is 0 Å². The van der Waals surface area contributed by atoms with Crippen molar-refractivity contribution in [1.29, 1.82) is 0 Å². The molecule has 5 heteroatoms. The molecule has 1 atom stereocenters. The highest BCUT2D eigenvalue weighted by molar-refractivity contribution is 5.21. The summed E-state index contributed by atoms with van der Waals surface area (Å²) < 4.78 is 10.5. The van der Waals surface area contributed by atoms with Crippen LogP contribution in [0.1, 0.15) is 30.0 Å². The predicted octanol–water partition coefficient (Wildman–Crippen LogP) is 2.28. The number of nitrogens with zero attached hydrogens (tertiary/aromatic N) is 2. The Balaban J connectivity index is 2.16. The summed E-state index contributed by atoms with van der Waals surface area (Å²) in [4.78, 5) is 8.30. The third kappa shape index (κ3) is 3.54. The quantitative estimate of drug-likeness (QED) is 0.864. The fourth-order valence-corrected chi connectivity index (χ4v) is 2.01. The topological polar surface area (TPSA) is 60.2 Å². The van der Waals surface area contributed by atoms with Crippen molar-refractivity contribution in [2.24, 2.45) is 0 Å². The van der Waals surface area contributed by atoms with Gasteiger partial charge in [-0.2, -0.15) is 0 Å². The summed E-state index contributed by atoms with van der Waals surface area (Å²) in [7, 11) is 1.60. The second-order valence-corrected chi connectivity index (χ2v) is 4.36. The molecule has 1 unspecified atom stereocenters. The highest BCUT2D eigenvalue weighted by Crippen LogP contribution is 2.20. The maximum absolute atomic E-state index is 5.38. The number of aromatic nitrogens is 2. The molecule has 0 spiro atoms. The molecule has 2 aromatic rings. The number of aryl methyl sites for hydroxylation is 1. The van der Waals surface area contributed by atoms with Gasteiger partial charge in [-0.3, -0.25) is 0 Å². The minimum absolute atomic E-state index is 0.182. The summed E-state index contributed by atoms with van der Waals surface area (Å²) in [5.41, 5.74) is 2.08. The number of hydrogen-bond acceptors (Lipinski definition) is 5. The number of rotatable bonds is 6. The Morgan fingerprint density at radius 2 is 2.21 bits per heavy atom. The van der Waals surface area contributed by atoms with Gasteiger partial charge in [0.05, 0.1) is 13.4 Å². The molecular formula is C14H19N3O2. The lowest BCUT2D eigenvalue weighted by Crippen LogP contribution is -2.23. The van der Waals surface area contributed by atoms with Crippen molar-refractivity contribution in [2.45, 2.75) is 26.3 Å². The molecule has 2 heterocycles. The first-order valence-electron chi connectivity index (χ1n) is 6.36. The maximum atomic E-state index is 5.38. The molecule has 102 valence electrons. The van der Waals surface area contributed by atoms with Gasteiger partial charge >= 0.3 is 0 Å². The van der Waals surface area contributed by atoms with Crippen LogP contribution in [0.25, 0.3) is 0 Å². The molecule has 19 heavy (non-hydrogen) atoms. The van der Waals surface area contributed by atoms with Gasteiger partial charge in [0, 0.05) is 29.8 Å². The van der Waals surface area contributed by atoms with E-state index in [0.717, 1.165) is 30.0 Å². The first kappa shape index (κ1) is 13.5. The van der Waals surface area contributed by atoms with Crippen molar-refractivity contribution >= 4 is 0 Å². The number of methoxy groups -OCH3 is 1. The minimum Gasteiger partial charge on any atom is -0.481 e. The van der Waals surface area contributed by atoms with Crippen LogP contribution in [0.5, 0.6) is 5.88 Å². The molecule has 0 bridgehead atoms. The molecule has 0 radical (unpaired) electrons. The Hall–Kier alpha value is -1.88. The van der Waals surface area contributed by atoms with Crippen LogP contribution in [0.2, 0.25) is 0 Å². The molecule has 2 rings (SSSR count). The Labute approximate surface area is 113 Å². The van der Waals surface area contributed by atoms with E-state index >= 15 is 0 Å². The third-order valence-corrected chi connectivity index (χ3v) is 2.92. The zero-order chi connectivity index (χ0) is 13.7. The first-order chi connectivity index (χ1) is 9.22. The second kappa shape index (κ2) is 6.33. The second-order valence-electron chi connectivity index (χ2n) is 4.36. The largest absolute Gasteiger partial charge is 0.481 e. The van der Waals surface area contributed by atoms with Gasteiger partial charge in [0.2, 0.25) is 5.88 Å². The molecule has 1 N–H and O–H groups in total.